The Bertz CT molecular complexity index is 961. The molecule has 0 saturated carbocycles. The molecule has 0 atom stereocenters. The Balaban J connectivity index is 2.01. The van der Waals surface area contributed by atoms with Gasteiger partial charge < -0.3 is 20.5 Å². The van der Waals surface area contributed by atoms with Crippen LogP contribution in [0.25, 0.3) is 5.70 Å². The molecule has 0 radical (unpaired) electrons. The number of carbonyl (C=O) groups is 3. The SMILES string of the molecule is CCOC(=O)c1ccc(/C(N)=C2/C(=O)Oc3c(NC)cccc3C2=O)cc1. The van der Waals surface area contributed by atoms with Crippen LogP contribution in [0, 0.1) is 0 Å². The minimum atomic E-state index is -0.817. The molecule has 0 fully saturated rings. The van der Waals surface area contributed by atoms with Crippen LogP contribution in [0.1, 0.15) is 33.2 Å². The molecular formula is C20H18N2O5. The van der Waals surface area contributed by atoms with E-state index in [0.717, 1.165) is 0 Å². The zero-order valence-corrected chi connectivity index (χ0v) is 14.9. The van der Waals surface area contributed by atoms with Crippen LogP contribution in [0.15, 0.2) is 48.0 Å². The molecule has 2 aromatic carbocycles. The Kier molecular flexibility index (Phi) is 4.94. The summed E-state index contributed by atoms with van der Waals surface area (Å²) in [6, 6.07) is 11.1. The van der Waals surface area contributed by atoms with Crippen molar-refractivity contribution in [3.8, 4) is 5.75 Å². The van der Waals surface area contributed by atoms with E-state index in [4.69, 9.17) is 15.2 Å². The molecule has 0 bridgehead atoms. The van der Waals surface area contributed by atoms with Crippen LogP contribution in [0.5, 0.6) is 5.75 Å². The second kappa shape index (κ2) is 7.33. The van der Waals surface area contributed by atoms with Gasteiger partial charge in [0.15, 0.2) is 5.75 Å². The lowest BCUT2D eigenvalue weighted by Crippen LogP contribution is -2.28. The van der Waals surface area contributed by atoms with Crippen molar-refractivity contribution in [2.45, 2.75) is 6.92 Å². The van der Waals surface area contributed by atoms with E-state index in [9.17, 15) is 14.4 Å². The van der Waals surface area contributed by atoms with Gasteiger partial charge in [-0.05, 0) is 36.8 Å². The molecule has 0 amide bonds. The van der Waals surface area contributed by atoms with Gasteiger partial charge in [-0.1, -0.05) is 18.2 Å². The minimum absolute atomic E-state index is 0.0130. The summed E-state index contributed by atoms with van der Waals surface area (Å²) in [5, 5.41) is 2.88. The first-order valence-corrected chi connectivity index (χ1v) is 8.32. The van der Waals surface area contributed by atoms with E-state index in [-0.39, 0.29) is 29.2 Å². The van der Waals surface area contributed by atoms with Gasteiger partial charge >= 0.3 is 11.9 Å². The fraction of sp³-hybridized carbons (Fsp3) is 0.150. The van der Waals surface area contributed by atoms with Gasteiger partial charge in [-0.2, -0.15) is 0 Å². The van der Waals surface area contributed by atoms with E-state index in [2.05, 4.69) is 5.32 Å². The van der Waals surface area contributed by atoms with Crippen LogP contribution in [0.3, 0.4) is 0 Å². The number of Topliss-reactive ketones (excluding diaryl/α,β-unsaturated/α-hetero) is 1. The molecule has 0 aromatic heterocycles. The average molecular weight is 366 g/mol. The normalized spacial score (nSPS) is 14.9. The third-order valence-electron chi connectivity index (χ3n) is 4.13. The van der Waals surface area contributed by atoms with Crippen LogP contribution in [-0.2, 0) is 9.53 Å². The number of ether oxygens (including phenoxy) is 2. The Morgan fingerprint density at radius 3 is 2.41 bits per heavy atom. The summed E-state index contributed by atoms with van der Waals surface area (Å²) >= 11 is 0. The predicted molar refractivity (Wildman–Crippen MR) is 99.5 cm³/mol. The first-order valence-electron chi connectivity index (χ1n) is 8.32. The molecule has 3 rings (SSSR count). The first-order chi connectivity index (χ1) is 13.0. The molecule has 2 aromatic rings. The quantitative estimate of drug-likeness (QED) is 0.370. The van der Waals surface area contributed by atoms with Crippen molar-refractivity contribution < 1.29 is 23.9 Å². The molecule has 1 heterocycles. The maximum absolute atomic E-state index is 12.8. The molecule has 7 heteroatoms. The number of esters is 2. The monoisotopic (exact) mass is 366 g/mol. The highest BCUT2D eigenvalue weighted by atomic mass is 16.5. The van der Waals surface area contributed by atoms with Crippen LogP contribution < -0.4 is 15.8 Å². The Morgan fingerprint density at radius 2 is 1.78 bits per heavy atom. The Labute approximate surface area is 155 Å². The highest BCUT2D eigenvalue weighted by Gasteiger charge is 2.34. The van der Waals surface area contributed by atoms with Crippen LogP contribution >= 0.6 is 0 Å². The van der Waals surface area contributed by atoms with Gasteiger partial charge in [0, 0.05) is 7.05 Å². The Morgan fingerprint density at radius 1 is 1.11 bits per heavy atom. The van der Waals surface area contributed by atoms with Crippen LogP contribution in [0.4, 0.5) is 5.69 Å². The van der Waals surface area contributed by atoms with E-state index in [0.29, 0.717) is 16.8 Å². The van der Waals surface area contributed by atoms with Gasteiger partial charge in [0.2, 0.25) is 5.78 Å². The lowest BCUT2D eigenvalue weighted by molar-refractivity contribution is -0.130. The van der Waals surface area contributed by atoms with Gasteiger partial charge in [0.05, 0.1) is 29.1 Å². The summed E-state index contributed by atoms with van der Waals surface area (Å²) < 4.78 is 10.3. The zero-order chi connectivity index (χ0) is 19.6. The number of para-hydroxylation sites is 1. The number of nitrogens with one attached hydrogen (secondary N) is 1. The predicted octanol–water partition coefficient (Wildman–Crippen LogP) is 2.38. The van der Waals surface area contributed by atoms with Gasteiger partial charge in [0.1, 0.15) is 5.57 Å². The fourth-order valence-electron chi connectivity index (χ4n) is 2.77. The van der Waals surface area contributed by atoms with Crippen molar-refractivity contribution >= 4 is 29.1 Å². The highest BCUT2D eigenvalue weighted by molar-refractivity contribution is 6.31. The number of hydrogen-bond donors (Lipinski definition) is 2. The molecule has 0 saturated heterocycles. The summed E-state index contributed by atoms with van der Waals surface area (Å²) in [4.78, 5) is 37.0. The Hall–Kier alpha value is -3.61. The van der Waals surface area contributed by atoms with E-state index in [1.54, 1.807) is 44.3 Å². The van der Waals surface area contributed by atoms with E-state index < -0.39 is 17.7 Å². The topological polar surface area (TPSA) is 108 Å². The maximum Gasteiger partial charge on any atom is 0.349 e. The highest BCUT2D eigenvalue weighted by Crippen LogP contribution is 2.36. The van der Waals surface area contributed by atoms with E-state index in [1.165, 1.54) is 12.1 Å². The second-order valence-corrected chi connectivity index (χ2v) is 5.74. The van der Waals surface area contributed by atoms with Crippen molar-refractivity contribution in [2.75, 3.05) is 19.0 Å². The summed E-state index contributed by atoms with van der Waals surface area (Å²) in [6.07, 6.45) is 0. The number of hydrogen-bond acceptors (Lipinski definition) is 7. The maximum atomic E-state index is 12.8. The summed E-state index contributed by atoms with van der Waals surface area (Å²) in [6.45, 7) is 1.98. The smallest absolute Gasteiger partial charge is 0.349 e. The van der Waals surface area contributed by atoms with E-state index >= 15 is 0 Å². The standard InChI is InChI=1S/C20H18N2O5/c1-3-26-19(24)12-9-7-11(8-10-12)16(21)15-17(23)13-5-4-6-14(22-2)18(13)27-20(15)25/h4-10,22H,3,21H2,1-2H3/b16-15-. The van der Waals surface area contributed by atoms with Gasteiger partial charge in [0.25, 0.3) is 0 Å². The molecule has 0 spiro atoms. The third-order valence-corrected chi connectivity index (χ3v) is 4.13. The lowest BCUT2D eigenvalue weighted by atomic mass is 9.95. The van der Waals surface area contributed by atoms with Gasteiger partial charge in [-0.15, -0.1) is 0 Å². The largest absolute Gasteiger partial charge is 0.462 e. The van der Waals surface area contributed by atoms with Gasteiger partial charge in [-0.25, -0.2) is 9.59 Å². The van der Waals surface area contributed by atoms with Crippen molar-refractivity contribution in [2.24, 2.45) is 5.73 Å². The number of ketones is 1. The summed E-state index contributed by atoms with van der Waals surface area (Å²) in [5.41, 5.74) is 7.40. The number of benzene rings is 2. The lowest BCUT2D eigenvalue weighted by Gasteiger charge is -2.21. The van der Waals surface area contributed by atoms with Gasteiger partial charge in [-0.3, -0.25) is 4.79 Å². The number of rotatable bonds is 4. The van der Waals surface area contributed by atoms with Crippen LogP contribution in [-0.4, -0.2) is 31.4 Å². The fourth-order valence-corrected chi connectivity index (χ4v) is 2.77. The first kappa shape index (κ1) is 18.2. The van der Waals surface area contributed by atoms with Crippen LogP contribution in [0.2, 0.25) is 0 Å². The number of carbonyl (C=O) groups excluding carboxylic acids is 3. The summed E-state index contributed by atoms with van der Waals surface area (Å²) in [5.74, 6) is -1.60. The number of anilines is 1. The molecule has 0 unspecified atom stereocenters. The summed E-state index contributed by atoms with van der Waals surface area (Å²) in [7, 11) is 1.67. The van der Waals surface area contributed by atoms with Crippen molar-refractivity contribution in [3.63, 3.8) is 0 Å². The zero-order valence-electron chi connectivity index (χ0n) is 14.9. The molecule has 3 N–H and O–H groups in total. The molecule has 138 valence electrons. The average Bonchev–Trinajstić information content (AvgIpc) is 2.67. The van der Waals surface area contributed by atoms with E-state index in [1.807, 2.05) is 0 Å². The molecular weight excluding hydrogens is 348 g/mol. The molecule has 7 nitrogen and oxygen atoms in total. The molecule has 1 aliphatic heterocycles. The number of fused-ring (bicyclic) bond motifs is 1. The second-order valence-electron chi connectivity index (χ2n) is 5.74. The minimum Gasteiger partial charge on any atom is -0.462 e. The van der Waals surface area contributed by atoms with Crippen molar-refractivity contribution in [1.82, 2.24) is 0 Å². The molecule has 0 aliphatic carbocycles. The molecule has 1 aliphatic rings. The van der Waals surface area contributed by atoms with Crippen molar-refractivity contribution in [1.29, 1.82) is 0 Å². The van der Waals surface area contributed by atoms with Crippen molar-refractivity contribution in [3.05, 3.63) is 64.7 Å². The molecule has 27 heavy (non-hydrogen) atoms. The number of nitrogens with two attached hydrogens (primary N) is 1. The third kappa shape index (κ3) is 3.27.